The van der Waals surface area contributed by atoms with E-state index in [2.05, 4.69) is 13.5 Å². The van der Waals surface area contributed by atoms with Gasteiger partial charge < -0.3 is 5.11 Å². The van der Waals surface area contributed by atoms with Crippen LogP contribution < -0.4 is 0 Å². The average molecular weight is 154 g/mol. The minimum absolute atomic E-state index is 0.0372. The van der Waals surface area contributed by atoms with Crippen LogP contribution in [0.15, 0.2) is 12.7 Å². The van der Waals surface area contributed by atoms with Crippen molar-refractivity contribution in [2.75, 3.05) is 0 Å². The van der Waals surface area contributed by atoms with Gasteiger partial charge in [-0.15, -0.1) is 6.58 Å². The maximum Gasteiger partial charge on any atom is 0.0568 e. The smallest absolute Gasteiger partial charge is 0.0568 e. The number of hydrogen-bond acceptors (Lipinski definition) is 1. The molecule has 64 valence electrons. The van der Waals surface area contributed by atoms with Gasteiger partial charge in [0.1, 0.15) is 0 Å². The first-order chi connectivity index (χ1) is 5.25. The van der Waals surface area contributed by atoms with Gasteiger partial charge in [-0.25, -0.2) is 0 Å². The molecule has 0 heterocycles. The summed E-state index contributed by atoms with van der Waals surface area (Å²) in [5.41, 5.74) is 0. The predicted octanol–water partition coefficient (Wildman–Crippen LogP) is 2.36. The monoisotopic (exact) mass is 154 g/mol. The Labute approximate surface area is 69.1 Å². The van der Waals surface area contributed by atoms with Crippen molar-refractivity contribution in [2.24, 2.45) is 11.8 Å². The van der Waals surface area contributed by atoms with Crippen molar-refractivity contribution in [3.8, 4) is 0 Å². The molecule has 1 aliphatic carbocycles. The molecule has 0 aromatic heterocycles. The molecule has 1 rings (SSSR count). The Bertz CT molecular complexity index is 131. The summed E-state index contributed by atoms with van der Waals surface area (Å²) in [5.74, 6) is 1.25. The Hall–Kier alpha value is -0.300. The Kier molecular flexibility index (Phi) is 3.13. The highest BCUT2D eigenvalue weighted by molar-refractivity contribution is 4.83. The van der Waals surface area contributed by atoms with Crippen molar-refractivity contribution in [1.82, 2.24) is 0 Å². The van der Waals surface area contributed by atoms with E-state index in [0.717, 1.165) is 18.8 Å². The van der Waals surface area contributed by atoms with Crippen molar-refractivity contribution in [1.29, 1.82) is 0 Å². The van der Waals surface area contributed by atoms with E-state index in [1.54, 1.807) is 0 Å². The van der Waals surface area contributed by atoms with Gasteiger partial charge in [-0.05, 0) is 37.5 Å². The van der Waals surface area contributed by atoms with Gasteiger partial charge >= 0.3 is 0 Å². The molecule has 0 aromatic carbocycles. The third-order valence-electron chi connectivity index (χ3n) is 2.93. The third-order valence-corrected chi connectivity index (χ3v) is 2.93. The number of hydrogen-bond donors (Lipinski definition) is 1. The topological polar surface area (TPSA) is 20.2 Å². The van der Waals surface area contributed by atoms with E-state index >= 15 is 0 Å². The van der Waals surface area contributed by atoms with Crippen molar-refractivity contribution in [3.63, 3.8) is 0 Å². The maximum absolute atomic E-state index is 9.44. The minimum atomic E-state index is -0.0372. The highest BCUT2D eigenvalue weighted by Crippen LogP contribution is 2.34. The lowest BCUT2D eigenvalue weighted by Crippen LogP contribution is -2.14. The molecule has 1 N–H and O–H groups in total. The van der Waals surface area contributed by atoms with Gasteiger partial charge in [0, 0.05) is 0 Å². The van der Waals surface area contributed by atoms with Gasteiger partial charge in [0.15, 0.2) is 0 Å². The molecule has 0 bridgehead atoms. The number of rotatable bonds is 3. The molecular weight excluding hydrogens is 136 g/mol. The Morgan fingerprint density at radius 2 is 2.27 bits per heavy atom. The van der Waals surface area contributed by atoms with Gasteiger partial charge in [0.05, 0.1) is 6.10 Å². The molecule has 1 heteroatoms. The zero-order valence-corrected chi connectivity index (χ0v) is 7.29. The van der Waals surface area contributed by atoms with Crippen molar-refractivity contribution < 1.29 is 5.11 Å². The summed E-state index contributed by atoms with van der Waals surface area (Å²) >= 11 is 0. The summed E-state index contributed by atoms with van der Waals surface area (Å²) in [4.78, 5) is 0. The first-order valence-electron chi connectivity index (χ1n) is 4.54. The standard InChI is InChI=1S/C10H18O/c1-3-4-5-9-6-7-10(11)8(9)2/h3,8-11H,1,4-7H2,2H3. The highest BCUT2D eigenvalue weighted by atomic mass is 16.3. The van der Waals surface area contributed by atoms with Crippen molar-refractivity contribution in [2.45, 2.75) is 38.7 Å². The van der Waals surface area contributed by atoms with E-state index in [1.165, 1.54) is 12.8 Å². The molecule has 0 spiro atoms. The largest absolute Gasteiger partial charge is 0.393 e. The number of aliphatic hydroxyl groups excluding tert-OH is 1. The second kappa shape index (κ2) is 3.91. The van der Waals surface area contributed by atoms with Gasteiger partial charge in [0.25, 0.3) is 0 Å². The molecule has 11 heavy (non-hydrogen) atoms. The molecule has 1 aliphatic rings. The van der Waals surface area contributed by atoms with E-state index in [0.29, 0.717) is 5.92 Å². The fourth-order valence-electron chi connectivity index (χ4n) is 1.96. The van der Waals surface area contributed by atoms with E-state index in [1.807, 2.05) is 6.08 Å². The van der Waals surface area contributed by atoms with E-state index in [4.69, 9.17) is 0 Å². The summed E-state index contributed by atoms with van der Waals surface area (Å²) in [7, 11) is 0. The zero-order chi connectivity index (χ0) is 8.27. The fourth-order valence-corrected chi connectivity index (χ4v) is 1.96. The van der Waals surface area contributed by atoms with Crippen LogP contribution in [-0.4, -0.2) is 11.2 Å². The van der Waals surface area contributed by atoms with Gasteiger partial charge in [-0.1, -0.05) is 13.0 Å². The highest BCUT2D eigenvalue weighted by Gasteiger charge is 2.30. The van der Waals surface area contributed by atoms with E-state index < -0.39 is 0 Å². The van der Waals surface area contributed by atoms with Crippen LogP contribution in [0.1, 0.15) is 32.6 Å². The SMILES string of the molecule is C=CCCC1CCC(O)C1C. The fraction of sp³-hybridized carbons (Fsp3) is 0.800. The van der Waals surface area contributed by atoms with E-state index in [9.17, 15) is 5.11 Å². The predicted molar refractivity (Wildman–Crippen MR) is 47.3 cm³/mol. The average Bonchev–Trinajstić information content (AvgIpc) is 2.31. The van der Waals surface area contributed by atoms with Gasteiger partial charge in [-0.2, -0.15) is 0 Å². The van der Waals surface area contributed by atoms with E-state index in [-0.39, 0.29) is 6.10 Å². The molecule has 0 aliphatic heterocycles. The lowest BCUT2D eigenvalue weighted by atomic mass is 9.92. The molecule has 3 atom stereocenters. The molecule has 3 unspecified atom stereocenters. The molecule has 0 aromatic rings. The Balaban J connectivity index is 2.29. The summed E-state index contributed by atoms with van der Waals surface area (Å²) in [5, 5.41) is 9.44. The summed E-state index contributed by atoms with van der Waals surface area (Å²) in [6.45, 7) is 5.86. The van der Waals surface area contributed by atoms with Crippen LogP contribution in [0.3, 0.4) is 0 Å². The molecule has 1 saturated carbocycles. The summed E-state index contributed by atoms with van der Waals surface area (Å²) in [6, 6.07) is 0. The van der Waals surface area contributed by atoms with Crippen molar-refractivity contribution in [3.05, 3.63) is 12.7 Å². The van der Waals surface area contributed by atoms with Crippen LogP contribution in [0.4, 0.5) is 0 Å². The number of allylic oxidation sites excluding steroid dienone is 1. The molecule has 1 nitrogen and oxygen atoms in total. The Morgan fingerprint density at radius 1 is 1.55 bits per heavy atom. The Morgan fingerprint density at radius 3 is 2.73 bits per heavy atom. The number of aliphatic hydroxyl groups is 1. The lowest BCUT2D eigenvalue weighted by molar-refractivity contribution is 0.126. The second-order valence-corrected chi connectivity index (χ2v) is 3.63. The summed E-state index contributed by atoms with van der Waals surface area (Å²) in [6.07, 6.45) is 6.45. The first-order valence-corrected chi connectivity index (χ1v) is 4.54. The van der Waals surface area contributed by atoms with Crippen LogP contribution in [0, 0.1) is 11.8 Å². The van der Waals surface area contributed by atoms with Crippen molar-refractivity contribution >= 4 is 0 Å². The maximum atomic E-state index is 9.44. The zero-order valence-electron chi connectivity index (χ0n) is 7.29. The lowest BCUT2D eigenvalue weighted by Gasteiger charge is -2.15. The van der Waals surface area contributed by atoms with Crippen LogP contribution in [0.2, 0.25) is 0 Å². The van der Waals surface area contributed by atoms with Crippen LogP contribution in [0.5, 0.6) is 0 Å². The van der Waals surface area contributed by atoms with Gasteiger partial charge in [-0.3, -0.25) is 0 Å². The van der Waals surface area contributed by atoms with Crippen LogP contribution in [-0.2, 0) is 0 Å². The quantitative estimate of drug-likeness (QED) is 0.619. The van der Waals surface area contributed by atoms with Gasteiger partial charge in [0.2, 0.25) is 0 Å². The molecule has 1 fully saturated rings. The molecule has 0 amide bonds. The molecule has 0 radical (unpaired) electrons. The van der Waals surface area contributed by atoms with Crippen LogP contribution >= 0.6 is 0 Å². The normalized spacial score (nSPS) is 37.5. The second-order valence-electron chi connectivity index (χ2n) is 3.63. The van der Waals surface area contributed by atoms with Crippen LogP contribution in [0.25, 0.3) is 0 Å². The molecular formula is C10H18O. The first kappa shape index (κ1) is 8.79. The summed E-state index contributed by atoms with van der Waals surface area (Å²) < 4.78 is 0. The molecule has 0 saturated heterocycles. The third kappa shape index (κ3) is 2.06. The minimum Gasteiger partial charge on any atom is -0.393 e.